The van der Waals surface area contributed by atoms with E-state index in [9.17, 15) is 14.7 Å². The lowest BCUT2D eigenvalue weighted by Crippen LogP contribution is -2.36. The average Bonchev–Trinajstić information content (AvgIpc) is 3.24. The number of ether oxygens (including phenoxy) is 2. The van der Waals surface area contributed by atoms with Gasteiger partial charge < -0.3 is 14.6 Å². The maximum Gasteiger partial charge on any atom is 0.305 e. The first-order valence-electron chi connectivity index (χ1n) is 15.1. The summed E-state index contributed by atoms with van der Waals surface area (Å²) in [6.07, 6.45) is 16.8. The van der Waals surface area contributed by atoms with Gasteiger partial charge in [0.05, 0.1) is 5.60 Å². The van der Waals surface area contributed by atoms with E-state index in [4.69, 9.17) is 9.47 Å². The first-order valence-corrected chi connectivity index (χ1v) is 15.1. The number of hydrogen-bond donors (Lipinski definition) is 1. The fourth-order valence-electron chi connectivity index (χ4n) is 7.38. The van der Waals surface area contributed by atoms with E-state index in [1.165, 1.54) is 43.3 Å². The van der Waals surface area contributed by atoms with Crippen LogP contribution in [0.25, 0.3) is 0 Å². The second-order valence-electron chi connectivity index (χ2n) is 12.7. The molecule has 0 saturated heterocycles. The molecule has 0 amide bonds. The van der Waals surface area contributed by atoms with Crippen molar-refractivity contribution in [3.05, 3.63) is 35.5 Å². The highest BCUT2D eigenvalue weighted by molar-refractivity contribution is 5.69. The van der Waals surface area contributed by atoms with Gasteiger partial charge in [0, 0.05) is 19.3 Å². The van der Waals surface area contributed by atoms with Gasteiger partial charge in [0.25, 0.3) is 0 Å². The van der Waals surface area contributed by atoms with Crippen LogP contribution in [0.2, 0.25) is 0 Å². The van der Waals surface area contributed by atoms with Crippen molar-refractivity contribution in [1.29, 1.82) is 0 Å². The number of carbonyl (C=O) groups excluding carboxylic acids is 2. The summed E-state index contributed by atoms with van der Waals surface area (Å²) < 4.78 is 10.8. The number of hydrogen-bond acceptors (Lipinski definition) is 5. The predicted octanol–water partition coefficient (Wildman–Crippen LogP) is 7.63. The number of allylic oxidation sites excluding steroid dienone is 4. The molecule has 5 heteroatoms. The summed E-state index contributed by atoms with van der Waals surface area (Å²) in [5.41, 5.74) is 3.37. The number of carbonyl (C=O) groups is 2. The van der Waals surface area contributed by atoms with E-state index < -0.39 is 5.60 Å². The van der Waals surface area contributed by atoms with Crippen molar-refractivity contribution in [2.45, 2.75) is 130 Å². The van der Waals surface area contributed by atoms with Crippen LogP contribution >= 0.6 is 0 Å². The fraction of sp³-hybridized carbons (Fsp3) is 0.758. The standard InChI is InChI=1S/C33H52O5/c1-7-30(34)37-22-32(5,36)19-9-11-24(4)28-17-18-29-25(12-10-20-33(28,29)6)14-15-26-21-27(16-13-23(26)3)38-31(35)8-2/h14-15,24,27-29,36H,3,7-13,16-22H2,1-2,4-6H3/b25-14?,26-15-/t24-,27+,28-,29?,32?,33-/m1/s1. The van der Waals surface area contributed by atoms with Crippen molar-refractivity contribution in [3.63, 3.8) is 0 Å². The Balaban J connectivity index is 1.60. The van der Waals surface area contributed by atoms with Gasteiger partial charge in [-0.3, -0.25) is 9.59 Å². The van der Waals surface area contributed by atoms with E-state index in [0.29, 0.717) is 42.4 Å². The van der Waals surface area contributed by atoms with E-state index in [0.717, 1.165) is 32.1 Å². The minimum absolute atomic E-state index is 0.0228. The van der Waals surface area contributed by atoms with Crippen LogP contribution < -0.4 is 0 Å². The molecule has 3 fully saturated rings. The summed E-state index contributed by atoms with van der Waals surface area (Å²) in [6.45, 7) is 14.7. The smallest absolute Gasteiger partial charge is 0.305 e. The SMILES string of the molecule is C=C1CC[C@H](OC(=O)CC)C/C1=C/C=C1CCC[C@@]2(C)C1CC[C@@H]2[C@H](C)CCCC(C)(O)COC(=O)CC. The zero-order valence-corrected chi connectivity index (χ0v) is 24.7. The molecule has 38 heavy (non-hydrogen) atoms. The molecule has 0 spiro atoms. The van der Waals surface area contributed by atoms with Crippen LogP contribution in [0.3, 0.4) is 0 Å². The molecule has 3 aliphatic rings. The first-order chi connectivity index (χ1) is 18.0. The highest BCUT2D eigenvalue weighted by Crippen LogP contribution is 2.60. The molecule has 0 bridgehead atoms. The molecule has 2 unspecified atom stereocenters. The Hall–Kier alpha value is -1.88. The van der Waals surface area contributed by atoms with Crippen molar-refractivity contribution < 1.29 is 24.2 Å². The Kier molecular flexibility index (Phi) is 10.9. The molecule has 5 nitrogen and oxygen atoms in total. The van der Waals surface area contributed by atoms with E-state index in [1.54, 1.807) is 19.4 Å². The van der Waals surface area contributed by atoms with Crippen LogP contribution in [0, 0.1) is 23.2 Å². The van der Waals surface area contributed by atoms with Gasteiger partial charge in [-0.15, -0.1) is 0 Å². The van der Waals surface area contributed by atoms with Gasteiger partial charge in [-0.25, -0.2) is 0 Å². The van der Waals surface area contributed by atoms with Crippen molar-refractivity contribution in [2.24, 2.45) is 23.2 Å². The van der Waals surface area contributed by atoms with Crippen LogP contribution in [0.4, 0.5) is 0 Å². The Morgan fingerprint density at radius 3 is 2.61 bits per heavy atom. The maximum absolute atomic E-state index is 11.8. The molecule has 1 N–H and O–H groups in total. The van der Waals surface area contributed by atoms with Crippen LogP contribution in [0.15, 0.2) is 35.5 Å². The summed E-state index contributed by atoms with van der Waals surface area (Å²) >= 11 is 0. The molecule has 0 radical (unpaired) electrons. The molecule has 0 aliphatic heterocycles. The number of esters is 2. The normalized spacial score (nSPS) is 32.1. The van der Waals surface area contributed by atoms with Crippen LogP contribution in [0.1, 0.15) is 118 Å². The lowest BCUT2D eigenvalue weighted by atomic mass is 9.60. The Labute approximate surface area is 231 Å². The molecular weight excluding hydrogens is 476 g/mol. The van der Waals surface area contributed by atoms with E-state index in [-0.39, 0.29) is 24.6 Å². The molecule has 6 atom stereocenters. The van der Waals surface area contributed by atoms with Gasteiger partial charge in [-0.05, 0) is 87.0 Å². The largest absolute Gasteiger partial charge is 0.463 e. The number of rotatable bonds is 11. The highest BCUT2D eigenvalue weighted by Gasteiger charge is 2.50. The average molecular weight is 529 g/mol. The number of aliphatic hydroxyl groups is 1. The Bertz CT molecular complexity index is 912. The van der Waals surface area contributed by atoms with E-state index in [1.807, 2.05) is 6.92 Å². The third-order valence-corrected chi connectivity index (χ3v) is 9.69. The van der Waals surface area contributed by atoms with Gasteiger partial charge >= 0.3 is 11.9 Å². The maximum atomic E-state index is 11.8. The quantitative estimate of drug-likeness (QED) is 0.279. The summed E-state index contributed by atoms with van der Waals surface area (Å²) in [5, 5.41) is 10.6. The minimum Gasteiger partial charge on any atom is -0.463 e. The van der Waals surface area contributed by atoms with Gasteiger partial charge in [0.15, 0.2) is 0 Å². The van der Waals surface area contributed by atoms with Crippen LogP contribution in [0.5, 0.6) is 0 Å². The fourth-order valence-corrected chi connectivity index (χ4v) is 7.38. The molecule has 0 aromatic carbocycles. The second kappa shape index (κ2) is 13.5. The number of fused-ring (bicyclic) bond motifs is 1. The molecule has 3 aliphatic carbocycles. The molecular formula is C33H52O5. The Morgan fingerprint density at radius 1 is 1.16 bits per heavy atom. The molecule has 3 rings (SSSR count). The van der Waals surface area contributed by atoms with Crippen molar-refractivity contribution in [3.8, 4) is 0 Å². The topological polar surface area (TPSA) is 72.8 Å². The van der Waals surface area contributed by atoms with Crippen LogP contribution in [-0.2, 0) is 19.1 Å². The molecule has 0 aromatic heterocycles. The van der Waals surface area contributed by atoms with Gasteiger partial charge in [-0.2, -0.15) is 0 Å². The van der Waals surface area contributed by atoms with Gasteiger partial charge in [-0.1, -0.05) is 70.4 Å². The minimum atomic E-state index is -0.960. The summed E-state index contributed by atoms with van der Waals surface area (Å²) in [6, 6.07) is 0. The van der Waals surface area contributed by atoms with Crippen LogP contribution in [-0.4, -0.2) is 35.4 Å². The lowest BCUT2D eigenvalue weighted by Gasteiger charge is -2.44. The van der Waals surface area contributed by atoms with E-state index >= 15 is 0 Å². The van der Waals surface area contributed by atoms with Gasteiger partial charge in [0.1, 0.15) is 12.7 Å². The first kappa shape index (κ1) is 30.7. The summed E-state index contributed by atoms with van der Waals surface area (Å²) in [7, 11) is 0. The zero-order chi connectivity index (χ0) is 27.9. The second-order valence-corrected chi connectivity index (χ2v) is 12.7. The molecule has 214 valence electrons. The van der Waals surface area contributed by atoms with E-state index in [2.05, 4.69) is 32.6 Å². The molecule has 0 heterocycles. The third-order valence-electron chi connectivity index (χ3n) is 9.69. The van der Waals surface area contributed by atoms with Crippen molar-refractivity contribution in [2.75, 3.05) is 6.61 Å². The monoisotopic (exact) mass is 528 g/mol. The summed E-state index contributed by atoms with van der Waals surface area (Å²) in [4.78, 5) is 23.3. The lowest BCUT2D eigenvalue weighted by molar-refractivity contribution is -0.151. The summed E-state index contributed by atoms with van der Waals surface area (Å²) in [5.74, 6) is 1.55. The highest BCUT2D eigenvalue weighted by atomic mass is 16.5. The van der Waals surface area contributed by atoms with Crippen molar-refractivity contribution in [1.82, 2.24) is 0 Å². The van der Waals surface area contributed by atoms with Crippen molar-refractivity contribution >= 4 is 11.9 Å². The molecule has 3 saturated carbocycles. The van der Waals surface area contributed by atoms with Gasteiger partial charge in [0.2, 0.25) is 0 Å². The predicted molar refractivity (Wildman–Crippen MR) is 152 cm³/mol. The molecule has 0 aromatic rings. The Morgan fingerprint density at radius 2 is 1.89 bits per heavy atom. The zero-order valence-electron chi connectivity index (χ0n) is 24.7. The third kappa shape index (κ3) is 7.83.